The van der Waals surface area contributed by atoms with Gasteiger partial charge in [0.2, 0.25) is 0 Å². The third-order valence-corrected chi connectivity index (χ3v) is 5.24. The van der Waals surface area contributed by atoms with Crippen LogP contribution in [-0.4, -0.2) is 25.8 Å². The Kier molecular flexibility index (Phi) is 4.17. The van der Waals surface area contributed by atoms with Crippen LogP contribution in [0.15, 0.2) is 54.6 Å². The first kappa shape index (κ1) is 17.3. The molecule has 29 heavy (non-hydrogen) atoms. The molecular formula is C22H17FN6. The molecule has 6 nitrogen and oxygen atoms in total. The van der Waals surface area contributed by atoms with E-state index in [-0.39, 0.29) is 11.9 Å². The van der Waals surface area contributed by atoms with Crippen LogP contribution in [0, 0.1) is 17.1 Å². The number of nitriles is 1. The lowest BCUT2D eigenvalue weighted by atomic mass is 10.1. The molecule has 2 aromatic carbocycles. The summed E-state index contributed by atoms with van der Waals surface area (Å²) >= 11 is 0. The summed E-state index contributed by atoms with van der Waals surface area (Å²) in [5.41, 5.74) is 2.23. The Balaban J connectivity index is 1.43. The fourth-order valence-corrected chi connectivity index (χ4v) is 3.81. The number of para-hydroxylation sites is 1. The summed E-state index contributed by atoms with van der Waals surface area (Å²) in [6, 6.07) is 18.1. The quantitative estimate of drug-likeness (QED) is 0.579. The highest BCUT2D eigenvalue weighted by molar-refractivity contribution is 5.86. The minimum atomic E-state index is -0.276. The van der Waals surface area contributed by atoms with Crippen LogP contribution in [0.5, 0.6) is 0 Å². The molecule has 142 valence electrons. The molecule has 1 N–H and O–H groups in total. The Hall–Kier alpha value is -3.79. The van der Waals surface area contributed by atoms with Gasteiger partial charge in [0.25, 0.3) is 0 Å². The smallest absolute Gasteiger partial charge is 0.164 e. The van der Waals surface area contributed by atoms with Crippen LogP contribution in [0.4, 0.5) is 10.2 Å². The van der Waals surface area contributed by atoms with Gasteiger partial charge in [-0.3, -0.25) is 0 Å². The molecule has 1 unspecified atom stereocenters. The number of pyridine rings is 1. The molecule has 1 aliphatic heterocycles. The minimum absolute atomic E-state index is 0.123. The van der Waals surface area contributed by atoms with Crippen LogP contribution in [-0.2, 0) is 13.0 Å². The zero-order valence-electron chi connectivity index (χ0n) is 15.5. The van der Waals surface area contributed by atoms with Gasteiger partial charge in [-0.05, 0) is 42.8 Å². The van der Waals surface area contributed by atoms with E-state index in [0.29, 0.717) is 17.9 Å². The standard InChI is InChI=1S/C22H17FN6/c23-16-7-5-14(6-8-16)22-28-27-21-10-9-17(13-29(21)22)25-20-11-15(12-24)18-3-1-2-4-19(18)26-20/h1-8,11,17H,9-10,13H2,(H,25,26). The highest BCUT2D eigenvalue weighted by atomic mass is 19.1. The molecule has 7 heteroatoms. The molecule has 0 saturated carbocycles. The lowest BCUT2D eigenvalue weighted by Gasteiger charge is -2.26. The van der Waals surface area contributed by atoms with E-state index in [4.69, 9.17) is 0 Å². The van der Waals surface area contributed by atoms with E-state index in [9.17, 15) is 9.65 Å². The van der Waals surface area contributed by atoms with Gasteiger partial charge >= 0.3 is 0 Å². The molecule has 4 aromatic rings. The zero-order chi connectivity index (χ0) is 19.8. The van der Waals surface area contributed by atoms with Crippen LogP contribution in [0.2, 0.25) is 0 Å². The summed E-state index contributed by atoms with van der Waals surface area (Å²) in [4.78, 5) is 4.67. The van der Waals surface area contributed by atoms with Crippen molar-refractivity contribution >= 4 is 16.7 Å². The topological polar surface area (TPSA) is 79.4 Å². The number of nitrogens with one attached hydrogen (secondary N) is 1. The van der Waals surface area contributed by atoms with Gasteiger partial charge < -0.3 is 9.88 Å². The number of nitrogens with zero attached hydrogens (tertiary/aromatic N) is 5. The lowest BCUT2D eigenvalue weighted by molar-refractivity contribution is 0.478. The normalized spacial score (nSPS) is 15.7. The van der Waals surface area contributed by atoms with Crippen molar-refractivity contribution in [1.82, 2.24) is 19.7 Å². The molecule has 0 amide bonds. The van der Waals surface area contributed by atoms with E-state index in [1.54, 1.807) is 18.2 Å². The maximum atomic E-state index is 13.3. The van der Waals surface area contributed by atoms with Crippen LogP contribution in [0.3, 0.4) is 0 Å². The maximum absolute atomic E-state index is 13.3. The fraction of sp³-hybridized carbons (Fsp3) is 0.182. The summed E-state index contributed by atoms with van der Waals surface area (Å²) in [5, 5.41) is 22.4. The number of hydrogen-bond donors (Lipinski definition) is 1. The summed E-state index contributed by atoms with van der Waals surface area (Å²) in [7, 11) is 0. The lowest BCUT2D eigenvalue weighted by Crippen LogP contribution is -2.32. The highest BCUT2D eigenvalue weighted by Crippen LogP contribution is 2.26. The third kappa shape index (κ3) is 3.19. The van der Waals surface area contributed by atoms with Gasteiger partial charge in [-0.15, -0.1) is 10.2 Å². The molecule has 2 aromatic heterocycles. The molecule has 0 fully saturated rings. The van der Waals surface area contributed by atoms with Crippen LogP contribution in [0.25, 0.3) is 22.3 Å². The second kappa shape index (κ2) is 6.99. The van der Waals surface area contributed by atoms with Gasteiger partial charge in [0.05, 0.1) is 17.1 Å². The van der Waals surface area contributed by atoms with E-state index in [2.05, 4.69) is 31.1 Å². The summed E-state index contributed by atoms with van der Waals surface area (Å²) in [6.07, 6.45) is 1.67. The van der Waals surface area contributed by atoms with Gasteiger partial charge in [0, 0.05) is 30.0 Å². The van der Waals surface area contributed by atoms with Crippen molar-refractivity contribution in [3.05, 3.63) is 71.8 Å². The van der Waals surface area contributed by atoms with Crippen molar-refractivity contribution in [3.63, 3.8) is 0 Å². The van der Waals surface area contributed by atoms with Gasteiger partial charge in [0.15, 0.2) is 5.82 Å². The number of hydrogen-bond acceptors (Lipinski definition) is 5. The molecule has 0 bridgehead atoms. The first-order chi connectivity index (χ1) is 14.2. The van der Waals surface area contributed by atoms with E-state index in [1.807, 2.05) is 24.3 Å². The van der Waals surface area contributed by atoms with Crippen molar-refractivity contribution in [2.45, 2.75) is 25.4 Å². The maximum Gasteiger partial charge on any atom is 0.164 e. The van der Waals surface area contributed by atoms with Gasteiger partial charge in [-0.2, -0.15) is 5.26 Å². The van der Waals surface area contributed by atoms with E-state index in [1.165, 1.54) is 12.1 Å². The predicted octanol–water partition coefficient (Wildman–Crippen LogP) is 3.93. The number of fused-ring (bicyclic) bond motifs is 2. The Morgan fingerprint density at radius 2 is 1.93 bits per heavy atom. The monoisotopic (exact) mass is 384 g/mol. The number of benzene rings is 2. The van der Waals surface area contributed by atoms with Gasteiger partial charge in [-0.25, -0.2) is 9.37 Å². The van der Waals surface area contributed by atoms with Crippen LogP contribution in [0.1, 0.15) is 17.8 Å². The fourth-order valence-electron chi connectivity index (χ4n) is 3.81. The third-order valence-electron chi connectivity index (χ3n) is 5.24. The van der Waals surface area contributed by atoms with Crippen LogP contribution < -0.4 is 5.32 Å². The second-order valence-electron chi connectivity index (χ2n) is 7.12. The van der Waals surface area contributed by atoms with Gasteiger partial charge in [-0.1, -0.05) is 18.2 Å². The van der Waals surface area contributed by atoms with Gasteiger partial charge in [0.1, 0.15) is 17.5 Å². The average Bonchev–Trinajstić information content (AvgIpc) is 3.17. The van der Waals surface area contributed by atoms with E-state index in [0.717, 1.165) is 41.0 Å². The Labute approximate surface area is 166 Å². The zero-order valence-corrected chi connectivity index (χ0v) is 15.5. The molecule has 0 spiro atoms. The summed E-state index contributed by atoms with van der Waals surface area (Å²) in [5.74, 6) is 2.06. The Bertz CT molecular complexity index is 1240. The van der Waals surface area contributed by atoms with Crippen LogP contribution >= 0.6 is 0 Å². The second-order valence-corrected chi connectivity index (χ2v) is 7.12. The Morgan fingerprint density at radius 1 is 1.10 bits per heavy atom. The molecule has 0 radical (unpaired) electrons. The molecule has 3 heterocycles. The summed E-state index contributed by atoms with van der Waals surface area (Å²) < 4.78 is 15.3. The van der Waals surface area contributed by atoms with Crippen molar-refractivity contribution in [2.75, 3.05) is 5.32 Å². The van der Waals surface area contributed by atoms with E-state index < -0.39 is 0 Å². The number of aryl methyl sites for hydroxylation is 1. The molecule has 1 aliphatic rings. The summed E-state index contributed by atoms with van der Waals surface area (Å²) in [6.45, 7) is 0.672. The molecule has 5 rings (SSSR count). The molecule has 0 aliphatic carbocycles. The number of anilines is 1. The van der Waals surface area contributed by atoms with Crippen molar-refractivity contribution < 1.29 is 4.39 Å². The minimum Gasteiger partial charge on any atom is -0.365 e. The first-order valence-corrected chi connectivity index (χ1v) is 9.46. The Morgan fingerprint density at radius 3 is 2.76 bits per heavy atom. The van der Waals surface area contributed by atoms with Crippen molar-refractivity contribution in [3.8, 4) is 17.5 Å². The number of aromatic nitrogens is 4. The molecule has 0 saturated heterocycles. The molecule has 1 atom stereocenters. The number of halogens is 1. The van der Waals surface area contributed by atoms with E-state index >= 15 is 0 Å². The molecular weight excluding hydrogens is 367 g/mol. The predicted molar refractivity (Wildman–Crippen MR) is 108 cm³/mol. The first-order valence-electron chi connectivity index (χ1n) is 9.46. The van der Waals surface area contributed by atoms with Crippen molar-refractivity contribution in [2.24, 2.45) is 0 Å². The number of rotatable bonds is 3. The SMILES string of the molecule is N#Cc1cc(NC2CCc3nnc(-c4ccc(F)cc4)n3C2)nc2ccccc12. The van der Waals surface area contributed by atoms with Crippen molar-refractivity contribution in [1.29, 1.82) is 5.26 Å². The highest BCUT2D eigenvalue weighted by Gasteiger charge is 2.24. The largest absolute Gasteiger partial charge is 0.365 e. The average molecular weight is 384 g/mol.